The molecule has 150 valence electrons. The Balaban J connectivity index is 1.52. The van der Waals surface area contributed by atoms with E-state index in [1.807, 2.05) is 12.1 Å². The molecule has 1 aliphatic rings. The van der Waals surface area contributed by atoms with Gasteiger partial charge in [0.25, 0.3) is 0 Å². The summed E-state index contributed by atoms with van der Waals surface area (Å²) < 4.78 is 18.8. The lowest BCUT2D eigenvalue weighted by molar-refractivity contribution is 0.386. The molecule has 3 aromatic rings. The number of hydrogen-bond donors (Lipinski definition) is 0. The van der Waals surface area contributed by atoms with Crippen LogP contribution in [0.3, 0.4) is 0 Å². The minimum absolute atomic E-state index is 0.273. The van der Waals surface area contributed by atoms with E-state index in [1.54, 1.807) is 24.5 Å². The van der Waals surface area contributed by atoms with Crippen LogP contribution in [0.2, 0.25) is 0 Å². The lowest BCUT2D eigenvalue weighted by atomic mass is 10.2. The van der Waals surface area contributed by atoms with Crippen molar-refractivity contribution < 1.29 is 9.13 Å². The van der Waals surface area contributed by atoms with E-state index < -0.39 is 0 Å². The first-order valence-electron chi connectivity index (χ1n) is 9.79. The molecule has 3 heterocycles. The van der Waals surface area contributed by atoms with Gasteiger partial charge in [-0.2, -0.15) is 0 Å². The van der Waals surface area contributed by atoms with Gasteiger partial charge in [0.1, 0.15) is 5.82 Å². The van der Waals surface area contributed by atoms with E-state index in [0.717, 1.165) is 61.2 Å². The molecule has 0 radical (unpaired) electrons. The normalized spacial score (nSPS) is 14.2. The Morgan fingerprint density at radius 1 is 0.966 bits per heavy atom. The highest BCUT2D eigenvalue weighted by atomic mass is 19.1. The second kappa shape index (κ2) is 8.43. The number of halogens is 1. The van der Waals surface area contributed by atoms with E-state index in [4.69, 9.17) is 9.72 Å². The van der Waals surface area contributed by atoms with Gasteiger partial charge in [0.15, 0.2) is 17.4 Å². The first-order valence-corrected chi connectivity index (χ1v) is 9.79. The van der Waals surface area contributed by atoms with Crippen molar-refractivity contribution in [3.8, 4) is 17.1 Å². The molecule has 1 aliphatic heterocycles. The largest absolute Gasteiger partial charge is 0.494 e. The third-order valence-corrected chi connectivity index (χ3v) is 5.17. The molecule has 0 bridgehead atoms. The zero-order valence-electron chi connectivity index (χ0n) is 16.7. The molecular weight excluding hydrogens is 369 g/mol. The number of rotatable bonds is 5. The summed E-state index contributed by atoms with van der Waals surface area (Å²) in [5.74, 6) is 1.61. The predicted molar refractivity (Wildman–Crippen MR) is 112 cm³/mol. The first kappa shape index (κ1) is 19.1. The fourth-order valence-electron chi connectivity index (χ4n) is 3.50. The maximum atomic E-state index is 13.7. The molecule has 0 atom stereocenters. The van der Waals surface area contributed by atoms with Crippen molar-refractivity contribution in [1.82, 2.24) is 15.0 Å². The standard InChI is InChI=1S/C22H24FN5O/c1-3-17-14-21(26-22(25-17)16-6-8-24-9-7-16)28-12-10-27(11-13-28)18-4-5-19(23)20(15-18)29-2/h4-9,14-15H,3,10-13H2,1-2H3. The van der Waals surface area contributed by atoms with Crippen molar-refractivity contribution in [3.63, 3.8) is 0 Å². The molecule has 7 heteroatoms. The summed E-state index contributed by atoms with van der Waals surface area (Å²) in [6.07, 6.45) is 4.36. The number of ether oxygens (including phenoxy) is 1. The van der Waals surface area contributed by atoms with Gasteiger partial charge in [0.2, 0.25) is 0 Å². The second-order valence-electron chi connectivity index (χ2n) is 6.92. The van der Waals surface area contributed by atoms with Gasteiger partial charge < -0.3 is 14.5 Å². The van der Waals surface area contributed by atoms with Crippen molar-refractivity contribution in [2.24, 2.45) is 0 Å². The minimum Gasteiger partial charge on any atom is -0.494 e. The minimum atomic E-state index is -0.341. The molecule has 0 spiro atoms. The molecule has 6 nitrogen and oxygen atoms in total. The monoisotopic (exact) mass is 393 g/mol. The third kappa shape index (κ3) is 4.13. The maximum absolute atomic E-state index is 13.7. The smallest absolute Gasteiger partial charge is 0.165 e. The van der Waals surface area contributed by atoms with Crippen LogP contribution in [0.4, 0.5) is 15.9 Å². The zero-order valence-corrected chi connectivity index (χ0v) is 16.7. The van der Waals surface area contributed by atoms with Gasteiger partial charge >= 0.3 is 0 Å². The number of nitrogens with zero attached hydrogens (tertiary/aromatic N) is 5. The average Bonchev–Trinajstić information content (AvgIpc) is 2.80. The summed E-state index contributed by atoms with van der Waals surface area (Å²) in [5.41, 5.74) is 2.96. The summed E-state index contributed by atoms with van der Waals surface area (Å²) in [6.45, 7) is 5.41. The highest BCUT2D eigenvalue weighted by Crippen LogP contribution is 2.27. The second-order valence-corrected chi connectivity index (χ2v) is 6.92. The summed E-state index contributed by atoms with van der Waals surface area (Å²) in [4.78, 5) is 18.1. The SMILES string of the molecule is CCc1cc(N2CCN(c3ccc(F)c(OC)c3)CC2)nc(-c2ccncc2)n1. The topological polar surface area (TPSA) is 54.4 Å². The van der Waals surface area contributed by atoms with Crippen LogP contribution >= 0.6 is 0 Å². The molecule has 1 saturated heterocycles. The Bertz CT molecular complexity index is 974. The number of benzene rings is 1. The molecular formula is C22H24FN5O. The molecule has 0 aliphatic carbocycles. The van der Waals surface area contributed by atoms with E-state index in [-0.39, 0.29) is 11.6 Å². The van der Waals surface area contributed by atoms with Gasteiger partial charge in [-0.05, 0) is 30.7 Å². The number of hydrogen-bond acceptors (Lipinski definition) is 6. The quantitative estimate of drug-likeness (QED) is 0.661. The van der Waals surface area contributed by atoms with Gasteiger partial charge in [0, 0.05) is 67.7 Å². The van der Waals surface area contributed by atoms with Crippen LogP contribution in [0.25, 0.3) is 11.4 Å². The lowest BCUT2D eigenvalue weighted by Gasteiger charge is -2.37. The predicted octanol–water partition coefficient (Wildman–Crippen LogP) is 3.58. The number of piperazine rings is 1. The molecule has 0 amide bonds. The van der Waals surface area contributed by atoms with Crippen LogP contribution in [-0.2, 0) is 6.42 Å². The van der Waals surface area contributed by atoms with Gasteiger partial charge in [0.05, 0.1) is 7.11 Å². The van der Waals surface area contributed by atoms with E-state index in [0.29, 0.717) is 0 Å². The number of aryl methyl sites for hydroxylation is 1. The molecule has 0 saturated carbocycles. The van der Waals surface area contributed by atoms with Crippen LogP contribution in [0.1, 0.15) is 12.6 Å². The fraction of sp³-hybridized carbons (Fsp3) is 0.318. The van der Waals surface area contributed by atoms with E-state index in [1.165, 1.54) is 13.2 Å². The Morgan fingerprint density at radius 3 is 2.38 bits per heavy atom. The van der Waals surface area contributed by atoms with E-state index in [2.05, 4.69) is 32.8 Å². The molecule has 0 unspecified atom stereocenters. The molecule has 1 aromatic carbocycles. The Kier molecular flexibility index (Phi) is 5.55. The van der Waals surface area contributed by atoms with Gasteiger partial charge in [-0.3, -0.25) is 4.98 Å². The van der Waals surface area contributed by atoms with Crippen LogP contribution < -0.4 is 14.5 Å². The van der Waals surface area contributed by atoms with Crippen LogP contribution in [0.15, 0.2) is 48.8 Å². The molecule has 29 heavy (non-hydrogen) atoms. The van der Waals surface area contributed by atoms with Crippen LogP contribution in [0.5, 0.6) is 5.75 Å². The van der Waals surface area contributed by atoms with Crippen molar-refractivity contribution in [3.05, 3.63) is 60.3 Å². The average molecular weight is 393 g/mol. The number of methoxy groups -OCH3 is 1. The summed E-state index contributed by atoms with van der Waals surface area (Å²) >= 11 is 0. The number of aromatic nitrogens is 3. The fourth-order valence-corrected chi connectivity index (χ4v) is 3.50. The Hall–Kier alpha value is -3.22. The van der Waals surface area contributed by atoms with Crippen molar-refractivity contribution >= 4 is 11.5 Å². The van der Waals surface area contributed by atoms with Crippen LogP contribution in [0, 0.1) is 5.82 Å². The molecule has 0 N–H and O–H groups in total. The van der Waals surface area contributed by atoms with Gasteiger partial charge in [-0.15, -0.1) is 0 Å². The number of pyridine rings is 1. The first-order chi connectivity index (χ1) is 14.2. The molecule has 4 rings (SSSR count). The van der Waals surface area contributed by atoms with Gasteiger partial charge in [-0.25, -0.2) is 14.4 Å². The lowest BCUT2D eigenvalue weighted by Crippen LogP contribution is -2.47. The number of anilines is 2. The highest BCUT2D eigenvalue weighted by molar-refractivity contribution is 5.58. The van der Waals surface area contributed by atoms with E-state index >= 15 is 0 Å². The Morgan fingerprint density at radius 2 is 1.69 bits per heavy atom. The van der Waals surface area contributed by atoms with Crippen molar-refractivity contribution in [2.45, 2.75) is 13.3 Å². The maximum Gasteiger partial charge on any atom is 0.165 e. The summed E-state index contributed by atoms with van der Waals surface area (Å²) in [6, 6.07) is 10.9. The summed E-state index contributed by atoms with van der Waals surface area (Å²) in [5, 5.41) is 0. The summed E-state index contributed by atoms with van der Waals surface area (Å²) in [7, 11) is 1.49. The van der Waals surface area contributed by atoms with Crippen LogP contribution in [-0.4, -0.2) is 48.2 Å². The van der Waals surface area contributed by atoms with Crippen molar-refractivity contribution in [1.29, 1.82) is 0 Å². The zero-order chi connectivity index (χ0) is 20.2. The molecule has 1 fully saturated rings. The van der Waals surface area contributed by atoms with Crippen molar-refractivity contribution in [2.75, 3.05) is 43.1 Å². The third-order valence-electron chi connectivity index (χ3n) is 5.17. The molecule has 2 aromatic heterocycles. The highest BCUT2D eigenvalue weighted by Gasteiger charge is 2.20. The Labute approximate surface area is 170 Å². The van der Waals surface area contributed by atoms with E-state index in [9.17, 15) is 4.39 Å². The van der Waals surface area contributed by atoms with Gasteiger partial charge in [-0.1, -0.05) is 6.92 Å².